The van der Waals surface area contributed by atoms with Gasteiger partial charge in [-0.2, -0.15) is 0 Å². The van der Waals surface area contributed by atoms with E-state index in [0.717, 1.165) is 37.0 Å². The molecule has 0 heterocycles. The summed E-state index contributed by atoms with van der Waals surface area (Å²) < 4.78 is 11.5. The van der Waals surface area contributed by atoms with Gasteiger partial charge in [-0.15, -0.1) is 0 Å². The van der Waals surface area contributed by atoms with E-state index in [4.69, 9.17) is 9.47 Å². The number of carbonyl (C=O) groups excluding carboxylic acids is 1. The number of nitrogens with one attached hydrogen (secondary N) is 1. The molecule has 6 heteroatoms. The van der Waals surface area contributed by atoms with Crippen LogP contribution in [0.25, 0.3) is 0 Å². The zero-order chi connectivity index (χ0) is 31.0. The average Bonchev–Trinajstić information content (AvgIpc) is 2.87. The Morgan fingerprint density at radius 3 is 1.98 bits per heavy atom. The SMILES string of the molecule is CCC(CC)(c1ccc(CCC(O)C(C)(C)C)c(C)c1)c1ccc(OC[C@@H](CCO)NC(=O)OC(C)(C)C)c(C)c1. The summed E-state index contributed by atoms with van der Waals surface area (Å²) >= 11 is 0. The summed E-state index contributed by atoms with van der Waals surface area (Å²) in [4.78, 5) is 12.2. The van der Waals surface area contributed by atoms with Crippen LogP contribution in [0.2, 0.25) is 0 Å². The molecule has 2 rings (SSSR count). The van der Waals surface area contributed by atoms with E-state index in [0.29, 0.717) is 6.42 Å². The van der Waals surface area contributed by atoms with Crippen molar-refractivity contribution in [2.45, 2.75) is 125 Å². The van der Waals surface area contributed by atoms with Gasteiger partial charge in [0.05, 0.1) is 12.1 Å². The highest BCUT2D eigenvalue weighted by molar-refractivity contribution is 5.68. The zero-order valence-corrected chi connectivity index (χ0v) is 27.2. The van der Waals surface area contributed by atoms with Crippen LogP contribution in [0, 0.1) is 19.3 Å². The van der Waals surface area contributed by atoms with Crippen molar-refractivity contribution in [3.63, 3.8) is 0 Å². The van der Waals surface area contributed by atoms with Crippen molar-refractivity contribution < 1.29 is 24.5 Å². The van der Waals surface area contributed by atoms with E-state index in [2.05, 4.69) is 77.2 Å². The number of benzene rings is 2. The molecule has 2 atom stereocenters. The molecule has 0 saturated carbocycles. The van der Waals surface area contributed by atoms with Crippen LogP contribution in [-0.4, -0.2) is 47.3 Å². The van der Waals surface area contributed by atoms with Gasteiger partial charge in [0.2, 0.25) is 0 Å². The van der Waals surface area contributed by atoms with Gasteiger partial charge in [0.15, 0.2) is 0 Å². The van der Waals surface area contributed by atoms with Crippen LogP contribution < -0.4 is 10.1 Å². The second kappa shape index (κ2) is 14.6. The number of carbonyl (C=O) groups is 1. The number of alkyl carbamates (subject to hydrolysis) is 1. The van der Waals surface area contributed by atoms with Gasteiger partial charge in [-0.1, -0.05) is 65.0 Å². The molecule has 2 aromatic carbocycles. The number of rotatable bonds is 13. The molecule has 0 saturated heterocycles. The van der Waals surface area contributed by atoms with Crippen LogP contribution in [0.4, 0.5) is 4.79 Å². The molecular formula is C35H55NO5. The number of aliphatic hydroxyl groups excluding tert-OH is 2. The fourth-order valence-corrected chi connectivity index (χ4v) is 5.36. The minimum absolute atomic E-state index is 0.0629. The first kappa shape index (κ1) is 34.6. The summed E-state index contributed by atoms with van der Waals surface area (Å²) in [5, 5.41) is 22.8. The van der Waals surface area contributed by atoms with E-state index in [1.165, 1.54) is 22.3 Å². The van der Waals surface area contributed by atoms with Crippen LogP contribution in [0.3, 0.4) is 0 Å². The predicted molar refractivity (Wildman–Crippen MR) is 168 cm³/mol. The summed E-state index contributed by atoms with van der Waals surface area (Å²) in [5.74, 6) is 0.757. The molecule has 0 aliphatic carbocycles. The first-order valence-corrected chi connectivity index (χ1v) is 15.2. The molecule has 41 heavy (non-hydrogen) atoms. The van der Waals surface area contributed by atoms with E-state index in [1.807, 2.05) is 33.8 Å². The fraction of sp³-hybridized carbons (Fsp3) is 0.629. The van der Waals surface area contributed by atoms with Gasteiger partial charge in [0.1, 0.15) is 18.0 Å². The Morgan fingerprint density at radius 1 is 0.902 bits per heavy atom. The summed E-state index contributed by atoms with van der Waals surface area (Å²) in [7, 11) is 0. The van der Waals surface area contributed by atoms with Gasteiger partial charge in [-0.25, -0.2) is 4.79 Å². The minimum atomic E-state index is -0.597. The van der Waals surface area contributed by atoms with Crippen LogP contribution in [0.5, 0.6) is 5.75 Å². The molecule has 0 radical (unpaired) electrons. The number of hydrogen-bond acceptors (Lipinski definition) is 5. The third-order valence-corrected chi connectivity index (χ3v) is 8.16. The summed E-state index contributed by atoms with van der Waals surface area (Å²) in [6, 6.07) is 12.8. The lowest BCUT2D eigenvalue weighted by molar-refractivity contribution is 0.0478. The van der Waals surface area contributed by atoms with E-state index in [9.17, 15) is 15.0 Å². The van der Waals surface area contributed by atoms with Crippen LogP contribution in [0.1, 0.15) is 109 Å². The lowest BCUT2D eigenvalue weighted by Crippen LogP contribution is -2.42. The number of aryl methyl sites for hydroxylation is 3. The quantitative estimate of drug-likeness (QED) is 0.234. The number of aliphatic hydroxyl groups is 2. The maximum absolute atomic E-state index is 12.2. The summed E-state index contributed by atoms with van der Waals surface area (Å²) in [6.07, 6.45) is 3.06. The van der Waals surface area contributed by atoms with Crippen molar-refractivity contribution in [3.05, 3.63) is 64.2 Å². The van der Waals surface area contributed by atoms with Crippen molar-refractivity contribution in [1.82, 2.24) is 5.32 Å². The molecule has 1 amide bonds. The molecule has 6 nitrogen and oxygen atoms in total. The smallest absolute Gasteiger partial charge is 0.407 e. The van der Waals surface area contributed by atoms with E-state index >= 15 is 0 Å². The predicted octanol–water partition coefficient (Wildman–Crippen LogP) is 7.40. The Hall–Kier alpha value is -2.57. The van der Waals surface area contributed by atoms with Gasteiger partial charge < -0.3 is 25.0 Å². The first-order chi connectivity index (χ1) is 19.1. The van der Waals surface area contributed by atoms with E-state index < -0.39 is 11.7 Å². The molecule has 3 N–H and O–H groups in total. The van der Waals surface area contributed by atoms with Crippen LogP contribution in [0.15, 0.2) is 36.4 Å². The van der Waals surface area contributed by atoms with Gasteiger partial charge in [0.25, 0.3) is 0 Å². The molecule has 0 spiro atoms. The average molecular weight is 570 g/mol. The molecule has 0 aromatic heterocycles. The normalized spacial score (nSPS) is 14.0. The molecule has 0 aliphatic rings. The highest BCUT2D eigenvalue weighted by Gasteiger charge is 2.32. The molecular weight excluding hydrogens is 514 g/mol. The van der Waals surface area contributed by atoms with Gasteiger partial charge in [-0.3, -0.25) is 0 Å². The lowest BCUT2D eigenvalue weighted by Gasteiger charge is -2.34. The Labute approximate surface area is 248 Å². The lowest BCUT2D eigenvalue weighted by atomic mass is 9.69. The highest BCUT2D eigenvalue weighted by Crippen LogP contribution is 2.41. The molecule has 0 bridgehead atoms. The minimum Gasteiger partial charge on any atom is -0.491 e. The van der Waals surface area contributed by atoms with E-state index in [1.54, 1.807) is 0 Å². The Morgan fingerprint density at radius 2 is 1.49 bits per heavy atom. The second-order valence-corrected chi connectivity index (χ2v) is 13.5. The molecule has 1 unspecified atom stereocenters. The Bertz CT molecular complexity index is 1120. The third kappa shape index (κ3) is 9.75. The first-order valence-electron chi connectivity index (χ1n) is 15.2. The monoisotopic (exact) mass is 569 g/mol. The number of hydrogen-bond donors (Lipinski definition) is 3. The van der Waals surface area contributed by atoms with Crippen LogP contribution in [-0.2, 0) is 16.6 Å². The largest absolute Gasteiger partial charge is 0.491 e. The topological polar surface area (TPSA) is 88.0 Å². The van der Waals surface area contributed by atoms with Gasteiger partial charge in [0, 0.05) is 12.0 Å². The molecule has 2 aromatic rings. The number of amides is 1. The summed E-state index contributed by atoms with van der Waals surface area (Å²) in [6.45, 7) is 20.6. The van der Waals surface area contributed by atoms with Gasteiger partial charge >= 0.3 is 6.09 Å². The van der Waals surface area contributed by atoms with Crippen molar-refractivity contribution >= 4 is 6.09 Å². The van der Waals surface area contributed by atoms with Crippen LogP contribution >= 0.6 is 0 Å². The summed E-state index contributed by atoms with van der Waals surface area (Å²) in [5.41, 5.74) is 5.29. The Kier molecular flexibility index (Phi) is 12.3. The fourth-order valence-electron chi connectivity index (χ4n) is 5.36. The highest BCUT2D eigenvalue weighted by atomic mass is 16.6. The maximum atomic E-state index is 12.2. The third-order valence-electron chi connectivity index (χ3n) is 8.16. The molecule has 230 valence electrons. The number of ether oxygens (including phenoxy) is 2. The maximum Gasteiger partial charge on any atom is 0.407 e. The molecule has 0 fully saturated rings. The van der Waals surface area contributed by atoms with E-state index in [-0.39, 0.29) is 36.2 Å². The van der Waals surface area contributed by atoms with Crippen molar-refractivity contribution in [2.24, 2.45) is 5.41 Å². The van der Waals surface area contributed by atoms with Crippen molar-refractivity contribution in [1.29, 1.82) is 0 Å². The standard InChI is InChI=1S/C35H55NO5/c1-11-35(12-2,27-15-13-26(24(3)21-27)14-18-31(38)33(5,6)7)28-16-17-30(25(4)22-28)40-23-29(19-20-37)36-32(39)41-34(8,9)10/h13,15-17,21-22,29,31,37-38H,11-12,14,18-20,23H2,1-10H3,(H,36,39)/t29-,31?/m1/s1. The zero-order valence-electron chi connectivity index (χ0n) is 27.2. The van der Waals surface area contributed by atoms with Crippen molar-refractivity contribution in [3.8, 4) is 5.75 Å². The Balaban J connectivity index is 2.23. The molecule has 0 aliphatic heterocycles. The van der Waals surface area contributed by atoms with Gasteiger partial charge in [-0.05, 0) is 106 Å². The second-order valence-electron chi connectivity index (χ2n) is 13.5. The van der Waals surface area contributed by atoms with Crippen molar-refractivity contribution in [2.75, 3.05) is 13.2 Å².